The number of hydrogen-bond acceptors (Lipinski definition) is 4. The first-order valence-electron chi connectivity index (χ1n) is 7.62. The Balaban J connectivity index is 1.68. The van der Waals surface area contributed by atoms with E-state index in [2.05, 4.69) is 29.0 Å². The minimum absolute atomic E-state index is 0.236. The van der Waals surface area contributed by atoms with E-state index in [-0.39, 0.29) is 6.10 Å². The molecule has 0 saturated carbocycles. The number of fused-ring (bicyclic) bond motifs is 1. The predicted octanol–water partition coefficient (Wildman–Crippen LogP) is 0.515. The van der Waals surface area contributed by atoms with Crippen molar-refractivity contribution in [1.82, 2.24) is 15.1 Å². The van der Waals surface area contributed by atoms with Gasteiger partial charge in [0.05, 0.1) is 6.10 Å². The van der Waals surface area contributed by atoms with Gasteiger partial charge in [-0.25, -0.2) is 0 Å². The molecule has 2 N–H and O–H groups in total. The number of nitrogens with zero attached hydrogens (tertiary/aromatic N) is 2. The van der Waals surface area contributed by atoms with Crippen LogP contribution < -0.4 is 5.32 Å². The minimum Gasteiger partial charge on any atom is -0.390 e. The SMILES string of the molecule is CCN(CC)CC(O)CNC1CCN2CCCC12. The van der Waals surface area contributed by atoms with E-state index < -0.39 is 0 Å². The Labute approximate surface area is 111 Å². The maximum absolute atomic E-state index is 10.1. The summed E-state index contributed by atoms with van der Waals surface area (Å²) in [7, 11) is 0. The molecule has 2 heterocycles. The summed E-state index contributed by atoms with van der Waals surface area (Å²) in [5.41, 5.74) is 0. The third-order valence-corrected chi connectivity index (χ3v) is 4.59. The van der Waals surface area contributed by atoms with Crippen molar-refractivity contribution < 1.29 is 5.11 Å². The minimum atomic E-state index is -0.236. The lowest BCUT2D eigenvalue weighted by molar-refractivity contribution is 0.112. The zero-order valence-corrected chi connectivity index (χ0v) is 11.9. The summed E-state index contributed by atoms with van der Waals surface area (Å²) in [5, 5.41) is 13.7. The van der Waals surface area contributed by atoms with Gasteiger partial charge < -0.3 is 15.3 Å². The van der Waals surface area contributed by atoms with Gasteiger partial charge in [0.15, 0.2) is 0 Å². The molecule has 0 aromatic heterocycles. The van der Waals surface area contributed by atoms with Gasteiger partial charge in [0.25, 0.3) is 0 Å². The summed E-state index contributed by atoms with van der Waals surface area (Å²) in [6.45, 7) is 10.4. The molecular formula is C14H29N3O. The number of aliphatic hydroxyl groups excluding tert-OH is 1. The third-order valence-electron chi connectivity index (χ3n) is 4.59. The van der Waals surface area contributed by atoms with Gasteiger partial charge in [-0.1, -0.05) is 13.8 Å². The first-order valence-corrected chi connectivity index (χ1v) is 7.62. The summed E-state index contributed by atoms with van der Waals surface area (Å²) in [6, 6.07) is 1.35. The van der Waals surface area contributed by atoms with Crippen LogP contribution in [0.25, 0.3) is 0 Å². The summed E-state index contributed by atoms with van der Waals surface area (Å²) < 4.78 is 0. The van der Waals surface area contributed by atoms with E-state index >= 15 is 0 Å². The molecule has 0 radical (unpaired) electrons. The van der Waals surface area contributed by atoms with Crippen molar-refractivity contribution in [3.63, 3.8) is 0 Å². The summed E-state index contributed by atoms with van der Waals surface area (Å²) >= 11 is 0. The second-order valence-corrected chi connectivity index (χ2v) is 5.69. The Hall–Kier alpha value is -0.160. The molecule has 2 aliphatic rings. The highest BCUT2D eigenvalue weighted by Crippen LogP contribution is 2.27. The van der Waals surface area contributed by atoms with Crippen LogP contribution in [0.5, 0.6) is 0 Å². The van der Waals surface area contributed by atoms with Crippen molar-refractivity contribution in [2.45, 2.75) is 51.3 Å². The molecule has 4 nitrogen and oxygen atoms in total. The van der Waals surface area contributed by atoms with E-state index in [0.717, 1.165) is 32.2 Å². The molecule has 106 valence electrons. The zero-order valence-electron chi connectivity index (χ0n) is 11.9. The third kappa shape index (κ3) is 3.44. The molecule has 0 aromatic rings. The lowest BCUT2D eigenvalue weighted by Gasteiger charge is -2.25. The zero-order chi connectivity index (χ0) is 13.0. The fourth-order valence-corrected chi connectivity index (χ4v) is 3.45. The van der Waals surface area contributed by atoms with Crippen molar-refractivity contribution in [2.24, 2.45) is 0 Å². The molecule has 0 aliphatic carbocycles. The summed E-state index contributed by atoms with van der Waals surface area (Å²) in [4.78, 5) is 4.89. The molecule has 3 atom stereocenters. The summed E-state index contributed by atoms with van der Waals surface area (Å²) in [6.07, 6.45) is 3.71. The van der Waals surface area contributed by atoms with Gasteiger partial charge in [-0.3, -0.25) is 4.90 Å². The van der Waals surface area contributed by atoms with Crippen molar-refractivity contribution in [3.8, 4) is 0 Å². The van der Waals surface area contributed by atoms with Gasteiger partial charge in [-0.2, -0.15) is 0 Å². The quantitative estimate of drug-likeness (QED) is 0.695. The molecular weight excluding hydrogens is 226 g/mol. The van der Waals surface area contributed by atoms with E-state index in [0.29, 0.717) is 6.04 Å². The van der Waals surface area contributed by atoms with Crippen molar-refractivity contribution in [1.29, 1.82) is 0 Å². The van der Waals surface area contributed by atoms with E-state index in [4.69, 9.17) is 0 Å². The lowest BCUT2D eigenvalue weighted by atomic mass is 10.1. The molecule has 0 bridgehead atoms. The van der Waals surface area contributed by atoms with E-state index in [1.807, 2.05) is 0 Å². The van der Waals surface area contributed by atoms with E-state index in [1.165, 1.54) is 32.4 Å². The van der Waals surface area contributed by atoms with Gasteiger partial charge in [-0.05, 0) is 38.9 Å². The predicted molar refractivity (Wildman–Crippen MR) is 74.8 cm³/mol. The van der Waals surface area contributed by atoms with Crippen molar-refractivity contribution in [3.05, 3.63) is 0 Å². The highest BCUT2D eigenvalue weighted by atomic mass is 16.3. The standard InChI is InChI=1S/C14H29N3O/c1-3-16(4-2)11-12(18)10-15-13-7-9-17-8-5-6-14(13)17/h12-15,18H,3-11H2,1-2H3. The van der Waals surface area contributed by atoms with E-state index in [9.17, 15) is 5.11 Å². The number of likely N-dealkylation sites (N-methyl/N-ethyl adjacent to an activating group) is 1. The average Bonchev–Trinajstić information content (AvgIpc) is 2.96. The highest BCUT2D eigenvalue weighted by Gasteiger charge is 2.36. The Morgan fingerprint density at radius 3 is 2.78 bits per heavy atom. The molecule has 4 heteroatoms. The molecule has 2 fully saturated rings. The van der Waals surface area contributed by atoms with E-state index in [1.54, 1.807) is 0 Å². The van der Waals surface area contributed by atoms with Crippen LogP contribution in [0.1, 0.15) is 33.1 Å². The lowest BCUT2D eigenvalue weighted by Crippen LogP contribution is -2.45. The molecule has 18 heavy (non-hydrogen) atoms. The Kier molecular flexibility index (Phi) is 5.42. The molecule has 2 aliphatic heterocycles. The molecule has 0 aromatic carbocycles. The number of hydrogen-bond donors (Lipinski definition) is 2. The molecule has 0 amide bonds. The molecule has 2 saturated heterocycles. The normalized spacial score (nSPS) is 30.0. The van der Waals surface area contributed by atoms with Gasteiger partial charge in [0.2, 0.25) is 0 Å². The molecule has 3 unspecified atom stereocenters. The van der Waals surface area contributed by atoms with Gasteiger partial charge in [0, 0.05) is 31.7 Å². The van der Waals surface area contributed by atoms with Crippen molar-refractivity contribution >= 4 is 0 Å². The maximum atomic E-state index is 10.1. The van der Waals surface area contributed by atoms with Crippen LogP contribution in [0, 0.1) is 0 Å². The maximum Gasteiger partial charge on any atom is 0.0791 e. The van der Waals surface area contributed by atoms with Crippen LogP contribution in [0.15, 0.2) is 0 Å². The fourth-order valence-electron chi connectivity index (χ4n) is 3.45. The number of rotatable bonds is 7. The smallest absolute Gasteiger partial charge is 0.0791 e. The van der Waals surface area contributed by atoms with Crippen LogP contribution in [0.4, 0.5) is 0 Å². The van der Waals surface area contributed by atoms with Crippen LogP contribution in [0.2, 0.25) is 0 Å². The van der Waals surface area contributed by atoms with Crippen LogP contribution >= 0.6 is 0 Å². The van der Waals surface area contributed by atoms with Crippen LogP contribution in [0.3, 0.4) is 0 Å². The number of nitrogens with one attached hydrogen (secondary N) is 1. The fraction of sp³-hybridized carbons (Fsp3) is 1.00. The molecule has 0 spiro atoms. The first-order chi connectivity index (χ1) is 8.74. The van der Waals surface area contributed by atoms with Gasteiger partial charge in [0.1, 0.15) is 0 Å². The van der Waals surface area contributed by atoms with Crippen LogP contribution in [-0.2, 0) is 0 Å². The van der Waals surface area contributed by atoms with Crippen molar-refractivity contribution in [2.75, 3.05) is 39.3 Å². The largest absolute Gasteiger partial charge is 0.390 e. The Morgan fingerprint density at radius 2 is 2.06 bits per heavy atom. The molecule has 2 rings (SSSR count). The monoisotopic (exact) mass is 255 g/mol. The average molecular weight is 255 g/mol. The van der Waals surface area contributed by atoms with Gasteiger partial charge in [-0.15, -0.1) is 0 Å². The first kappa shape index (κ1) is 14.3. The topological polar surface area (TPSA) is 38.7 Å². The Bertz CT molecular complexity index is 245. The second-order valence-electron chi connectivity index (χ2n) is 5.69. The Morgan fingerprint density at radius 1 is 1.28 bits per heavy atom. The highest BCUT2D eigenvalue weighted by molar-refractivity contribution is 4.95. The summed E-state index contributed by atoms with van der Waals surface area (Å²) in [5.74, 6) is 0. The second kappa shape index (κ2) is 6.85. The van der Waals surface area contributed by atoms with Gasteiger partial charge >= 0.3 is 0 Å². The van der Waals surface area contributed by atoms with Crippen LogP contribution in [-0.4, -0.2) is 72.4 Å². The number of aliphatic hydroxyl groups is 1.